The molecule has 2 rings (SSSR count). The van der Waals surface area contributed by atoms with Crippen molar-refractivity contribution >= 4 is 23.6 Å². The number of nitrogens with one attached hydrogen (secondary N) is 3. The van der Waals surface area contributed by atoms with Crippen molar-refractivity contribution in [2.24, 2.45) is 0 Å². The first-order valence-electron chi connectivity index (χ1n) is 6.61. The molecule has 1 aromatic heterocycles. The predicted molar refractivity (Wildman–Crippen MR) is 80.8 cm³/mol. The van der Waals surface area contributed by atoms with Crippen molar-refractivity contribution in [2.45, 2.75) is 6.92 Å². The Morgan fingerprint density at radius 3 is 2.43 bits per heavy atom. The first-order valence-corrected chi connectivity index (χ1v) is 6.61. The van der Waals surface area contributed by atoms with Gasteiger partial charge in [-0.2, -0.15) is 0 Å². The SMILES string of the molecule is COC(=O)c1ccccc1NC(=O)NNC(=O)c1ccoc1C. The molecule has 0 saturated heterocycles. The van der Waals surface area contributed by atoms with Crippen LogP contribution in [0.5, 0.6) is 0 Å². The van der Waals surface area contributed by atoms with Crippen LogP contribution in [0, 0.1) is 6.92 Å². The fraction of sp³-hybridized carbons (Fsp3) is 0.133. The lowest BCUT2D eigenvalue weighted by molar-refractivity contribution is 0.0601. The highest BCUT2D eigenvalue weighted by atomic mass is 16.5. The van der Waals surface area contributed by atoms with E-state index in [0.29, 0.717) is 11.3 Å². The van der Waals surface area contributed by atoms with Gasteiger partial charge in [0, 0.05) is 0 Å². The van der Waals surface area contributed by atoms with Gasteiger partial charge < -0.3 is 14.5 Å². The lowest BCUT2D eigenvalue weighted by atomic mass is 10.2. The molecule has 3 N–H and O–H groups in total. The van der Waals surface area contributed by atoms with Gasteiger partial charge in [0.1, 0.15) is 5.76 Å². The van der Waals surface area contributed by atoms with E-state index in [4.69, 9.17) is 4.42 Å². The van der Waals surface area contributed by atoms with E-state index in [1.165, 1.54) is 31.6 Å². The highest BCUT2D eigenvalue weighted by molar-refractivity contribution is 6.02. The third-order valence-electron chi connectivity index (χ3n) is 2.97. The summed E-state index contributed by atoms with van der Waals surface area (Å²) in [6.07, 6.45) is 1.37. The average molecular weight is 317 g/mol. The molecule has 0 spiro atoms. The van der Waals surface area contributed by atoms with E-state index >= 15 is 0 Å². The number of aryl methyl sites for hydroxylation is 1. The second-order valence-corrected chi connectivity index (χ2v) is 4.46. The quantitative estimate of drug-likeness (QED) is 0.591. The fourth-order valence-electron chi connectivity index (χ4n) is 1.84. The van der Waals surface area contributed by atoms with Gasteiger partial charge in [-0.1, -0.05) is 12.1 Å². The Kier molecular flexibility index (Phi) is 4.98. The van der Waals surface area contributed by atoms with Gasteiger partial charge in [0.15, 0.2) is 0 Å². The average Bonchev–Trinajstić information content (AvgIpc) is 2.98. The summed E-state index contributed by atoms with van der Waals surface area (Å²) in [6, 6.07) is 7.10. The van der Waals surface area contributed by atoms with Crippen LogP contribution in [0.3, 0.4) is 0 Å². The summed E-state index contributed by atoms with van der Waals surface area (Å²) in [5, 5.41) is 2.45. The molecule has 8 heteroatoms. The van der Waals surface area contributed by atoms with Gasteiger partial charge in [-0.15, -0.1) is 0 Å². The molecule has 2 aromatic rings. The molecule has 0 saturated carbocycles. The topological polar surface area (TPSA) is 110 Å². The van der Waals surface area contributed by atoms with Crippen LogP contribution in [0.1, 0.15) is 26.5 Å². The summed E-state index contributed by atoms with van der Waals surface area (Å²) in [5.41, 5.74) is 5.18. The Morgan fingerprint density at radius 2 is 1.78 bits per heavy atom. The molecular weight excluding hydrogens is 302 g/mol. The fourth-order valence-corrected chi connectivity index (χ4v) is 1.84. The number of benzene rings is 1. The van der Waals surface area contributed by atoms with Crippen molar-refractivity contribution in [3.05, 3.63) is 53.5 Å². The van der Waals surface area contributed by atoms with Crippen LogP contribution in [0.25, 0.3) is 0 Å². The van der Waals surface area contributed by atoms with Crippen molar-refractivity contribution in [3.63, 3.8) is 0 Å². The summed E-state index contributed by atoms with van der Waals surface area (Å²) < 4.78 is 9.63. The molecule has 0 radical (unpaired) electrons. The Balaban J connectivity index is 1.97. The molecule has 8 nitrogen and oxygen atoms in total. The van der Waals surface area contributed by atoms with Crippen molar-refractivity contribution in [3.8, 4) is 0 Å². The number of ether oxygens (including phenoxy) is 1. The van der Waals surface area contributed by atoms with Crippen LogP contribution in [-0.4, -0.2) is 25.0 Å². The maximum absolute atomic E-state index is 11.8. The lowest BCUT2D eigenvalue weighted by Gasteiger charge is -2.11. The smallest absolute Gasteiger partial charge is 0.339 e. The summed E-state index contributed by atoms with van der Waals surface area (Å²) in [6.45, 7) is 1.63. The van der Waals surface area contributed by atoms with Gasteiger partial charge in [0.25, 0.3) is 5.91 Å². The second-order valence-electron chi connectivity index (χ2n) is 4.46. The molecule has 1 aromatic carbocycles. The number of furan rings is 1. The van der Waals surface area contributed by atoms with Crippen molar-refractivity contribution < 1.29 is 23.5 Å². The molecule has 0 atom stereocenters. The number of methoxy groups -OCH3 is 1. The Bertz CT molecular complexity index is 738. The molecule has 120 valence electrons. The Labute approximate surface area is 131 Å². The van der Waals surface area contributed by atoms with Crippen molar-refractivity contribution in [1.82, 2.24) is 10.9 Å². The van der Waals surface area contributed by atoms with E-state index < -0.39 is 17.9 Å². The monoisotopic (exact) mass is 317 g/mol. The number of urea groups is 1. The number of carbonyl (C=O) groups is 3. The number of amides is 3. The largest absolute Gasteiger partial charge is 0.469 e. The number of hydrazine groups is 1. The minimum atomic E-state index is -0.712. The second kappa shape index (κ2) is 7.12. The van der Waals surface area contributed by atoms with Crippen LogP contribution in [0.4, 0.5) is 10.5 Å². The third-order valence-corrected chi connectivity index (χ3v) is 2.97. The number of hydrogen-bond donors (Lipinski definition) is 3. The standard InChI is InChI=1S/C15H15N3O5/c1-9-10(7-8-23-9)13(19)17-18-15(21)16-12-6-4-3-5-11(12)14(20)22-2/h3-8H,1-2H3,(H,17,19)(H2,16,18,21). The number of carbonyl (C=O) groups excluding carboxylic acids is 3. The molecule has 0 aliphatic carbocycles. The molecular formula is C15H15N3O5. The highest BCUT2D eigenvalue weighted by Crippen LogP contribution is 2.15. The van der Waals surface area contributed by atoms with Crippen LogP contribution >= 0.6 is 0 Å². The normalized spacial score (nSPS) is 9.83. The Morgan fingerprint density at radius 1 is 1.04 bits per heavy atom. The molecule has 0 bridgehead atoms. The van der Waals surface area contributed by atoms with Crippen LogP contribution in [0.2, 0.25) is 0 Å². The lowest BCUT2D eigenvalue weighted by Crippen LogP contribution is -2.44. The number of hydrogen-bond acceptors (Lipinski definition) is 5. The van der Waals surface area contributed by atoms with E-state index in [2.05, 4.69) is 20.9 Å². The van der Waals surface area contributed by atoms with Gasteiger partial charge in [-0.3, -0.25) is 10.2 Å². The maximum Gasteiger partial charge on any atom is 0.339 e. The van der Waals surface area contributed by atoms with Gasteiger partial charge >= 0.3 is 12.0 Å². The molecule has 23 heavy (non-hydrogen) atoms. The molecule has 0 fully saturated rings. The van der Waals surface area contributed by atoms with E-state index in [0.717, 1.165) is 0 Å². The number of esters is 1. The molecule has 3 amide bonds. The zero-order chi connectivity index (χ0) is 16.8. The maximum atomic E-state index is 11.8. The zero-order valence-corrected chi connectivity index (χ0v) is 12.5. The van der Waals surface area contributed by atoms with Gasteiger partial charge in [0.2, 0.25) is 0 Å². The van der Waals surface area contributed by atoms with E-state index in [1.54, 1.807) is 19.1 Å². The predicted octanol–water partition coefficient (Wildman–Crippen LogP) is 1.84. The van der Waals surface area contributed by atoms with Gasteiger partial charge in [0.05, 0.1) is 30.2 Å². The van der Waals surface area contributed by atoms with E-state index in [1.807, 2.05) is 0 Å². The third kappa shape index (κ3) is 3.88. The van der Waals surface area contributed by atoms with Crippen LogP contribution in [-0.2, 0) is 4.74 Å². The minimum absolute atomic E-state index is 0.196. The van der Waals surface area contributed by atoms with E-state index in [-0.39, 0.29) is 11.3 Å². The molecule has 0 aliphatic heterocycles. The summed E-state index contributed by atoms with van der Waals surface area (Å²) in [5.74, 6) is -0.674. The number of para-hydroxylation sites is 1. The van der Waals surface area contributed by atoms with E-state index in [9.17, 15) is 14.4 Å². The molecule has 0 aliphatic rings. The van der Waals surface area contributed by atoms with Gasteiger partial charge in [-0.05, 0) is 25.1 Å². The highest BCUT2D eigenvalue weighted by Gasteiger charge is 2.15. The van der Waals surface area contributed by atoms with Crippen molar-refractivity contribution in [1.29, 1.82) is 0 Å². The number of anilines is 1. The molecule has 0 unspecified atom stereocenters. The zero-order valence-electron chi connectivity index (χ0n) is 12.5. The van der Waals surface area contributed by atoms with Crippen LogP contribution < -0.4 is 16.2 Å². The first kappa shape index (κ1) is 16.1. The van der Waals surface area contributed by atoms with Crippen molar-refractivity contribution in [2.75, 3.05) is 12.4 Å². The molecule has 1 heterocycles. The first-order chi connectivity index (χ1) is 11.0. The number of rotatable bonds is 3. The Hall–Kier alpha value is -3.29. The van der Waals surface area contributed by atoms with Crippen LogP contribution in [0.15, 0.2) is 41.0 Å². The minimum Gasteiger partial charge on any atom is -0.469 e. The summed E-state index contributed by atoms with van der Waals surface area (Å²) >= 11 is 0. The summed E-state index contributed by atoms with van der Waals surface area (Å²) in [4.78, 5) is 35.2. The van der Waals surface area contributed by atoms with Gasteiger partial charge in [-0.25, -0.2) is 15.0 Å². The summed E-state index contributed by atoms with van der Waals surface area (Å²) in [7, 11) is 1.24.